The summed E-state index contributed by atoms with van der Waals surface area (Å²) in [5, 5.41) is 0. The van der Waals surface area contributed by atoms with Gasteiger partial charge < -0.3 is 15.4 Å². The van der Waals surface area contributed by atoms with Crippen molar-refractivity contribution in [1.29, 1.82) is 0 Å². The van der Waals surface area contributed by atoms with Crippen LogP contribution in [0.4, 0.5) is 16.2 Å². The largest absolute Gasteiger partial charge is 0.496 e. The summed E-state index contributed by atoms with van der Waals surface area (Å²) in [6.45, 7) is 5.24. The van der Waals surface area contributed by atoms with Crippen molar-refractivity contribution in [3.63, 3.8) is 0 Å². The highest BCUT2D eigenvalue weighted by atomic mass is 19.1. The molecule has 8 nitrogen and oxygen atoms in total. The van der Waals surface area contributed by atoms with Crippen LogP contribution in [0.15, 0.2) is 30.5 Å². The molecule has 5 rings (SSSR count). The van der Waals surface area contributed by atoms with E-state index in [2.05, 4.69) is 15.0 Å². The first kappa shape index (κ1) is 21.3. The summed E-state index contributed by atoms with van der Waals surface area (Å²) < 4.78 is 20.6. The van der Waals surface area contributed by atoms with E-state index in [1.165, 1.54) is 13.3 Å². The first-order chi connectivity index (χ1) is 15.9. The van der Waals surface area contributed by atoms with Gasteiger partial charge in [0, 0.05) is 48.2 Å². The normalized spacial score (nSPS) is 17.6. The number of hydrogen-bond acceptors (Lipinski definition) is 7. The molecule has 1 fully saturated rings. The molecule has 170 valence electrons. The summed E-state index contributed by atoms with van der Waals surface area (Å²) in [6.07, 6.45) is 2.40. The number of rotatable bonds is 4. The van der Waals surface area contributed by atoms with Crippen LogP contribution in [-0.2, 0) is 6.54 Å². The van der Waals surface area contributed by atoms with Crippen molar-refractivity contribution in [1.82, 2.24) is 15.0 Å². The number of benzene rings is 1. The molecule has 33 heavy (non-hydrogen) atoms. The number of aromatic nitrogens is 3. The number of pyridine rings is 1. The average molecular weight is 449 g/mol. The predicted molar refractivity (Wildman–Crippen MR) is 123 cm³/mol. The second kappa shape index (κ2) is 8.08. The Morgan fingerprint density at radius 3 is 2.76 bits per heavy atom. The first-order valence-electron chi connectivity index (χ1n) is 10.9. The number of hydrogen-bond donors (Lipinski definition) is 1. The summed E-state index contributed by atoms with van der Waals surface area (Å²) in [5.74, 6) is 0.818. The van der Waals surface area contributed by atoms with Gasteiger partial charge in [-0.2, -0.15) is 4.98 Å². The van der Waals surface area contributed by atoms with Crippen molar-refractivity contribution in [2.24, 2.45) is 5.73 Å². The van der Waals surface area contributed by atoms with Crippen molar-refractivity contribution < 1.29 is 13.9 Å². The monoisotopic (exact) mass is 448 g/mol. The predicted octanol–water partition coefficient (Wildman–Crippen LogP) is 3.00. The van der Waals surface area contributed by atoms with Gasteiger partial charge in [0.2, 0.25) is 5.95 Å². The Bertz CT molecular complexity index is 1260. The molecule has 1 amide bonds. The maximum atomic E-state index is 15.2. The van der Waals surface area contributed by atoms with Crippen molar-refractivity contribution in [2.75, 3.05) is 30.0 Å². The molecule has 2 aromatic heterocycles. The SMILES string of the molecule is COc1ccc(C)c(F)c1-c1nccc2c1CN(c1cc(C)nc(N3CCC(N)C3)n1)C2=O. The molecule has 1 aromatic carbocycles. The number of aryl methyl sites for hydroxylation is 2. The summed E-state index contributed by atoms with van der Waals surface area (Å²) in [4.78, 5) is 30.7. The molecule has 0 radical (unpaired) electrons. The zero-order chi connectivity index (χ0) is 23.3. The van der Waals surface area contributed by atoms with Crippen molar-refractivity contribution in [2.45, 2.75) is 32.9 Å². The van der Waals surface area contributed by atoms with Gasteiger partial charge in [0.25, 0.3) is 5.91 Å². The van der Waals surface area contributed by atoms with Crippen LogP contribution in [0.5, 0.6) is 5.75 Å². The Morgan fingerprint density at radius 1 is 1.21 bits per heavy atom. The number of carbonyl (C=O) groups is 1. The third kappa shape index (κ3) is 3.58. The summed E-state index contributed by atoms with van der Waals surface area (Å²) in [6, 6.07) is 6.90. The van der Waals surface area contributed by atoms with Gasteiger partial charge in [0.1, 0.15) is 17.4 Å². The maximum Gasteiger partial charge on any atom is 0.260 e. The van der Waals surface area contributed by atoms with Gasteiger partial charge in [0.05, 0.1) is 24.9 Å². The van der Waals surface area contributed by atoms with Crippen LogP contribution in [0, 0.1) is 19.7 Å². The number of nitrogens with zero attached hydrogens (tertiary/aromatic N) is 5. The molecule has 1 saturated heterocycles. The molecule has 0 saturated carbocycles. The van der Waals surface area contributed by atoms with E-state index in [4.69, 9.17) is 10.5 Å². The first-order valence-corrected chi connectivity index (χ1v) is 10.9. The molecule has 1 atom stereocenters. The number of methoxy groups -OCH3 is 1. The minimum atomic E-state index is -0.410. The molecule has 2 aliphatic heterocycles. The molecule has 0 spiro atoms. The van der Waals surface area contributed by atoms with E-state index in [-0.39, 0.29) is 24.1 Å². The number of fused-ring (bicyclic) bond motifs is 1. The van der Waals surface area contributed by atoms with E-state index in [1.54, 1.807) is 36.1 Å². The smallest absolute Gasteiger partial charge is 0.260 e. The van der Waals surface area contributed by atoms with Crippen molar-refractivity contribution in [3.05, 3.63) is 58.7 Å². The quantitative estimate of drug-likeness (QED) is 0.655. The number of amides is 1. The Balaban J connectivity index is 1.57. The number of ether oxygens (including phenoxy) is 1. The highest BCUT2D eigenvalue weighted by Gasteiger charge is 2.34. The standard InChI is InChI=1S/C24H25FN6O2/c1-13-4-5-18(33-3)20(21(13)25)22-17-12-31(23(32)16(17)6-8-27-22)19-10-14(2)28-24(29-19)30-9-7-15(26)11-30/h4-6,8,10,15H,7,9,11-12,26H2,1-3H3. The molecule has 1 unspecified atom stereocenters. The Kier molecular flexibility index (Phi) is 5.20. The molecule has 2 aliphatic rings. The van der Waals surface area contributed by atoms with Gasteiger partial charge in [0.15, 0.2) is 0 Å². The Labute approximate surface area is 191 Å². The second-order valence-electron chi connectivity index (χ2n) is 8.51. The van der Waals surface area contributed by atoms with Crippen LogP contribution in [0.25, 0.3) is 11.3 Å². The highest BCUT2D eigenvalue weighted by Crippen LogP contribution is 2.39. The third-order valence-corrected chi connectivity index (χ3v) is 6.21. The zero-order valence-electron chi connectivity index (χ0n) is 18.8. The fourth-order valence-electron chi connectivity index (χ4n) is 4.47. The van der Waals surface area contributed by atoms with E-state index >= 15 is 4.39 Å². The lowest BCUT2D eigenvalue weighted by Gasteiger charge is -2.20. The molecule has 2 N–H and O–H groups in total. The fraction of sp³-hybridized carbons (Fsp3) is 0.333. The van der Waals surface area contributed by atoms with Crippen LogP contribution in [-0.4, -0.2) is 47.1 Å². The van der Waals surface area contributed by atoms with Crippen LogP contribution in [0.2, 0.25) is 0 Å². The summed E-state index contributed by atoms with van der Waals surface area (Å²) in [7, 11) is 1.49. The van der Waals surface area contributed by atoms with E-state index in [1.807, 2.05) is 11.8 Å². The Hall–Kier alpha value is -3.59. The Morgan fingerprint density at radius 2 is 2.03 bits per heavy atom. The molecule has 9 heteroatoms. The van der Waals surface area contributed by atoms with E-state index in [0.29, 0.717) is 46.4 Å². The van der Waals surface area contributed by atoms with Gasteiger partial charge in [-0.1, -0.05) is 6.07 Å². The van der Waals surface area contributed by atoms with Gasteiger partial charge in [-0.15, -0.1) is 0 Å². The van der Waals surface area contributed by atoms with Crippen molar-refractivity contribution in [3.8, 4) is 17.0 Å². The molecule has 4 heterocycles. The van der Waals surface area contributed by atoms with E-state index < -0.39 is 5.82 Å². The van der Waals surface area contributed by atoms with Gasteiger partial charge in [-0.25, -0.2) is 9.37 Å². The molecule has 3 aromatic rings. The third-order valence-electron chi connectivity index (χ3n) is 6.21. The van der Waals surface area contributed by atoms with E-state index in [9.17, 15) is 4.79 Å². The van der Waals surface area contributed by atoms with Gasteiger partial charge >= 0.3 is 0 Å². The molecule has 0 aliphatic carbocycles. The lowest BCUT2D eigenvalue weighted by atomic mass is 9.99. The minimum absolute atomic E-state index is 0.0862. The number of nitrogens with two attached hydrogens (primary N) is 1. The van der Waals surface area contributed by atoms with Crippen molar-refractivity contribution >= 4 is 17.7 Å². The lowest BCUT2D eigenvalue weighted by molar-refractivity contribution is 0.0996. The average Bonchev–Trinajstić information content (AvgIpc) is 3.39. The van der Waals surface area contributed by atoms with Crippen LogP contribution in [0.3, 0.4) is 0 Å². The fourth-order valence-corrected chi connectivity index (χ4v) is 4.47. The van der Waals surface area contributed by atoms with E-state index in [0.717, 1.165) is 18.7 Å². The molecule has 0 bridgehead atoms. The number of carbonyl (C=O) groups excluding carboxylic acids is 1. The minimum Gasteiger partial charge on any atom is -0.496 e. The second-order valence-corrected chi connectivity index (χ2v) is 8.51. The van der Waals surface area contributed by atoms with Gasteiger partial charge in [-0.05, 0) is 38.0 Å². The topological polar surface area (TPSA) is 97.5 Å². The van der Waals surface area contributed by atoms with Crippen LogP contribution >= 0.6 is 0 Å². The molecular weight excluding hydrogens is 423 g/mol. The zero-order valence-corrected chi connectivity index (χ0v) is 18.8. The number of anilines is 2. The summed E-state index contributed by atoms with van der Waals surface area (Å²) >= 11 is 0. The maximum absolute atomic E-state index is 15.2. The number of halogens is 1. The van der Waals surface area contributed by atoms with Crippen LogP contribution < -0.4 is 20.3 Å². The summed E-state index contributed by atoms with van der Waals surface area (Å²) in [5.41, 5.74) is 9.06. The van der Waals surface area contributed by atoms with Gasteiger partial charge in [-0.3, -0.25) is 14.7 Å². The molecular formula is C24H25FN6O2. The van der Waals surface area contributed by atoms with Crippen LogP contribution in [0.1, 0.15) is 33.6 Å². The highest BCUT2D eigenvalue weighted by molar-refractivity contribution is 6.10. The lowest BCUT2D eigenvalue weighted by Crippen LogP contribution is -2.29.